The summed E-state index contributed by atoms with van der Waals surface area (Å²) in [6.07, 6.45) is 12.5. The second kappa shape index (κ2) is 7.57. The highest BCUT2D eigenvalue weighted by atomic mass is 15.1. The smallest absolute Gasteiger partial charge is 0.159 e. The van der Waals surface area contributed by atoms with Gasteiger partial charge >= 0.3 is 0 Å². The first-order valence-electron chi connectivity index (χ1n) is 8.95. The summed E-state index contributed by atoms with van der Waals surface area (Å²) in [7, 11) is 0. The van der Waals surface area contributed by atoms with Crippen molar-refractivity contribution in [2.45, 2.75) is 25.2 Å². The number of imidazole rings is 1. The lowest BCUT2D eigenvalue weighted by atomic mass is 9.92. The summed E-state index contributed by atoms with van der Waals surface area (Å²) in [6.45, 7) is 3.38. The van der Waals surface area contributed by atoms with E-state index in [0.29, 0.717) is 5.92 Å². The summed E-state index contributed by atoms with van der Waals surface area (Å²) in [5, 5.41) is 0. The van der Waals surface area contributed by atoms with E-state index in [9.17, 15) is 0 Å². The van der Waals surface area contributed by atoms with Crippen LogP contribution in [0, 0.1) is 0 Å². The number of rotatable bonds is 5. The second-order valence-electron chi connectivity index (χ2n) is 6.59. The molecule has 5 heteroatoms. The zero-order valence-corrected chi connectivity index (χ0v) is 14.3. The van der Waals surface area contributed by atoms with Crippen LogP contribution in [0.2, 0.25) is 0 Å². The zero-order chi connectivity index (χ0) is 16.9. The van der Waals surface area contributed by atoms with Crippen LogP contribution < -0.4 is 0 Å². The van der Waals surface area contributed by atoms with Gasteiger partial charge in [0.25, 0.3) is 0 Å². The normalized spacial score (nSPS) is 16.2. The number of benzene rings is 1. The Bertz CT molecular complexity index is 777. The van der Waals surface area contributed by atoms with Gasteiger partial charge in [0.1, 0.15) is 6.33 Å². The quantitative estimate of drug-likeness (QED) is 0.720. The van der Waals surface area contributed by atoms with E-state index in [-0.39, 0.29) is 0 Å². The number of hydrogen-bond donors (Lipinski definition) is 0. The number of likely N-dealkylation sites (tertiary alicyclic amines) is 1. The van der Waals surface area contributed by atoms with Crippen molar-refractivity contribution >= 4 is 0 Å². The van der Waals surface area contributed by atoms with Gasteiger partial charge < -0.3 is 4.90 Å². The van der Waals surface area contributed by atoms with Gasteiger partial charge in [-0.3, -0.25) is 9.55 Å². The van der Waals surface area contributed by atoms with E-state index < -0.39 is 0 Å². The van der Waals surface area contributed by atoms with Gasteiger partial charge in [-0.1, -0.05) is 30.3 Å². The molecule has 1 aliphatic heterocycles. The molecule has 128 valence electrons. The Hall–Kier alpha value is -2.53. The molecule has 5 nitrogen and oxygen atoms in total. The third kappa shape index (κ3) is 3.77. The second-order valence-corrected chi connectivity index (χ2v) is 6.59. The molecule has 4 rings (SSSR count). The third-order valence-corrected chi connectivity index (χ3v) is 4.99. The van der Waals surface area contributed by atoms with Crippen molar-refractivity contribution in [1.82, 2.24) is 24.4 Å². The Morgan fingerprint density at radius 2 is 1.76 bits per heavy atom. The van der Waals surface area contributed by atoms with Gasteiger partial charge in [-0.15, -0.1) is 0 Å². The molecule has 1 aliphatic rings. The lowest BCUT2D eigenvalue weighted by Crippen LogP contribution is -2.35. The number of nitrogens with zero attached hydrogens (tertiary/aromatic N) is 5. The van der Waals surface area contributed by atoms with Gasteiger partial charge in [0, 0.05) is 37.3 Å². The zero-order valence-electron chi connectivity index (χ0n) is 14.3. The molecule has 3 aromatic rings. The number of piperidine rings is 1. The van der Waals surface area contributed by atoms with E-state index in [4.69, 9.17) is 0 Å². The van der Waals surface area contributed by atoms with Gasteiger partial charge in [-0.25, -0.2) is 9.97 Å². The van der Waals surface area contributed by atoms with E-state index in [2.05, 4.69) is 50.2 Å². The summed E-state index contributed by atoms with van der Waals surface area (Å²) in [5.41, 5.74) is 2.52. The van der Waals surface area contributed by atoms with Crippen LogP contribution >= 0.6 is 0 Å². The molecule has 0 amide bonds. The SMILES string of the molecule is c1ccc(CCN2CCC(c3nccnc3-n3ccnc3)CC2)cc1. The first-order chi connectivity index (χ1) is 12.4. The van der Waals surface area contributed by atoms with Crippen molar-refractivity contribution in [3.63, 3.8) is 0 Å². The Labute approximate surface area is 148 Å². The lowest BCUT2D eigenvalue weighted by molar-refractivity contribution is 0.213. The van der Waals surface area contributed by atoms with E-state index >= 15 is 0 Å². The molecular formula is C20H23N5. The molecule has 0 radical (unpaired) electrons. The number of aromatic nitrogens is 4. The molecule has 0 saturated carbocycles. The lowest BCUT2D eigenvalue weighted by Gasteiger charge is -2.32. The average Bonchev–Trinajstić information content (AvgIpc) is 3.22. The van der Waals surface area contributed by atoms with Crippen molar-refractivity contribution < 1.29 is 0 Å². The molecule has 0 atom stereocenters. The van der Waals surface area contributed by atoms with Crippen LogP contribution in [0.15, 0.2) is 61.4 Å². The van der Waals surface area contributed by atoms with Gasteiger partial charge in [0.2, 0.25) is 0 Å². The maximum atomic E-state index is 4.65. The van der Waals surface area contributed by atoms with Crippen LogP contribution in [0.5, 0.6) is 0 Å². The van der Waals surface area contributed by atoms with Crippen molar-refractivity contribution in [2.75, 3.05) is 19.6 Å². The summed E-state index contributed by atoms with van der Waals surface area (Å²) in [6, 6.07) is 10.7. The maximum absolute atomic E-state index is 4.65. The molecule has 0 N–H and O–H groups in total. The molecule has 0 unspecified atom stereocenters. The largest absolute Gasteiger partial charge is 0.303 e. The van der Waals surface area contributed by atoms with Gasteiger partial charge in [-0.2, -0.15) is 0 Å². The molecule has 1 aromatic carbocycles. The minimum atomic E-state index is 0.471. The summed E-state index contributed by atoms with van der Waals surface area (Å²) in [5.74, 6) is 1.39. The standard InChI is InChI=1S/C20H23N5/c1-2-4-17(5-3-1)6-12-24-13-7-18(8-14-24)19-20(23-10-9-22-19)25-15-11-21-16-25/h1-5,9-11,15-16,18H,6-8,12-14H2. The van der Waals surface area contributed by atoms with E-state index in [1.165, 1.54) is 5.56 Å². The fraction of sp³-hybridized carbons (Fsp3) is 0.350. The fourth-order valence-electron chi connectivity index (χ4n) is 3.57. The first-order valence-corrected chi connectivity index (χ1v) is 8.95. The van der Waals surface area contributed by atoms with E-state index in [0.717, 1.165) is 50.4 Å². The van der Waals surface area contributed by atoms with Crippen LogP contribution in [0.3, 0.4) is 0 Å². The van der Waals surface area contributed by atoms with Gasteiger partial charge in [-0.05, 0) is 37.9 Å². The molecule has 0 spiro atoms. The van der Waals surface area contributed by atoms with Crippen LogP contribution in [-0.4, -0.2) is 44.1 Å². The highest BCUT2D eigenvalue weighted by Crippen LogP contribution is 2.29. The molecule has 0 bridgehead atoms. The monoisotopic (exact) mass is 333 g/mol. The van der Waals surface area contributed by atoms with Crippen molar-refractivity contribution in [1.29, 1.82) is 0 Å². The summed E-state index contributed by atoms with van der Waals surface area (Å²) >= 11 is 0. The first kappa shape index (κ1) is 16.0. The average molecular weight is 333 g/mol. The molecule has 25 heavy (non-hydrogen) atoms. The Morgan fingerprint density at radius 3 is 2.52 bits per heavy atom. The minimum Gasteiger partial charge on any atom is -0.303 e. The van der Waals surface area contributed by atoms with Gasteiger partial charge in [0.15, 0.2) is 5.82 Å². The Morgan fingerprint density at radius 1 is 0.960 bits per heavy atom. The molecule has 3 heterocycles. The molecule has 1 fully saturated rings. The highest BCUT2D eigenvalue weighted by Gasteiger charge is 2.24. The van der Waals surface area contributed by atoms with Crippen molar-refractivity contribution in [3.05, 3.63) is 72.7 Å². The predicted octanol–water partition coefficient (Wildman–Crippen LogP) is 3.08. The maximum Gasteiger partial charge on any atom is 0.159 e. The topological polar surface area (TPSA) is 46.8 Å². The Kier molecular flexibility index (Phi) is 4.84. The summed E-state index contributed by atoms with van der Waals surface area (Å²) < 4.78 is 1.96. The third-order valence-electron chi connectivity index (χ3n) is 4.99. The molecular weight excluding hydrogens is 310 g/mol. The molecule has 1 saturated heterocycles. The van der Waals surface area contributed by atoms with Crippen LogP contribution in [0.1, 0.15) is 30.0 Å². The Balaban J connectivity index is 1.38. The van der Waals surface area contributed by atoms with Gasteiger partial charge in [0.05, 0.1) is 5.69 Å². The summed E-state index contributed by atoms with van der Waals surface area (Å²) in [4.78, 5) is 15.9. The predicted molar refractivity (Wildman–Crippen MR) is 97.7 cm³/mol. The van der Waals surface area contributed by atoms with Crippen molar-refractivity contribution in [2.24, 2.45) is 0 Å². The van der Waals surface area contributed by atoms with Crippen molar-refractivity contribution in [3.8, 4) is 5.82 Å². The van der Waals surface area contributed by atoms with Crippen LogP contribution in [0.4, 0.5) is 0 Å². The van der Waals surface area contributed by atoms with Crippen LogP contribution in [0.25, 0.3) is 5.82 Å². The van der Waals surface area contributed by atoms with E-state index in [1.807, 2.05) is 10.8 Å². The number of hydrogen-bond acceptors (Lipinski definition) is 4. The van der Waals surface area contributed by atoms with E-state index in [1.54, 1.807) is 24.9 Å². The van der Waals surface area contributed by atoms with Crippen LogP contribution in [-0.2, 0) is 6.42 Å². The molecule has 0 aliphatic carbocycles. The highest BCUT2D eigenvalue weighted by molar-refractivity contribution is 5.31. The molecule has 2 aromatic heterocycles. The minimum absolute atomic E-state index is 0.471. The fourth-order valence-corrected chi connectivity index (χ4v) is 3.57.